The van der Waals surface area contributed by atoms with Crippen molar-refractivity contribution >= 4 is 43.2 Å². The van der Waals surface area contributed by atoms with Crippen LogP contribution in [-0.4, -0.2) is 21.3 Å². The summed E-state index contributed by atoms with van der Waals surface area (Å²) in [7, 11) is 4.92. The number of hydrogen-bond acceptors (Lipinski definition) is 4. The average molecular weight is 422 g/mol. The monoisotopic (exact) mass is 420 g/mol. The molecule has 0 saturated carbocycles. The van der Waals surface area contributed by atoms with Gasteiger partial charge in [-0.3, -0.25) is 0 Å². The molecule has 2 rings (SSSR count). The van der Waals surface area contributed by atoms with Gasteiger partial charge < -0.3 is 14.2 Å². The number of rotatable bonds is 5. The molecule has 0 saturated heterocycles. The van der Waals surface area contributed by atoms with Crippen molar-refractivity contribution in [2.45, 2.75) is 4.83 Å². The third-order valence-electron chi connectivity index (χ3n) is 2.86. The highest BCUT2D eigenvalue weighted by Crippen LogP contribution is 2.43. The van der Waals surface area contributed by atoms with E-state index in [0.29, 0.717) is 11.5 Å². The molecular weight excluding hydrogens is 408 g/mol. The topological polar surface area (TPSA) is 27.7 Å². The molecule has 108 valence electrons. The molecule has 3 nitrogen and oxygen atoms in total. The molecule has 20 heavy (non-hydrogen) atoms. The molecule has 0 aliphatic rings. The van der Waals surface area contributed by atoms with Gasteiger partial charge in [0.25, 0.3) is 0 Å². The number of halogens is 2. The summed E-state index contributed by atoms with van der Waals surface area (Å²) in [6.07, 6.45) is 0. The van der Waals surface area contributed by atoms with Gasteiger partial charge in [0.15, 0.2) is 11.5 Å². The van der Waals surface area contributed by atoms with Crippen LogP contribution in [0.1, 0.15) is 15.3 Å². The number of benzene rings is 1. The Morgan fingerprint density at radius 1 is 1.00 bits per heavy atom. The van der Waals surface area contributed by atoms with Crippen LogP contribution >= 0.6 is 43.2 Å². The molecule has 1 aromatic heterocycles. The van der Waals surface area contributed by atoms with Crippen LogP contribution < -0.4 is 14.2 Å². The molecule has 0 aliphatic heterocycles. The van der Waals surface area contributed by atoms with Crippen molar-refractivity contribution in [1.82, 2.24) is 0 Å². The molecule has 0 radical (unpaired) electrons. The first-order valence-corrected chi connectivity index (χ1v) is 8.37. The van der Waals surface area contributed by atoms with Crippen LogP contribution in [0.4, 0.5) is 0 Å². The summed E-state index contributed by atoms with van der Waals surface area (Å²) < 4.78 is 16.8. The minimum Gasteiger partial charge on any atom is -0.496 e. The maximum atomic E-state index is 5.36. The van der Waals surface area contributed by atoms with E-state index >= 15 is 0 Å². The van der Waals surface area contributed by atoms with E-state index in [4.69, 9.17) is 14.2 Å². The molecule has 2 aromatic rings. The van der Waals surface area contributed by atoms with E-state index in [1.807, 2.05) is 23.6 Å². The van der Waals surface area contributed by atoms with Crippen LogP contribution in [0.5, 0.6) is 17.2 Å². The lowest BCUT2D eigenvalue weighted by atomic mass is 10.1. The van der Waals surface area contributed by atoms with Crippen molar-refractivity contribution in [2.24, 2.45) is 0 Å². The van der Waals surface area contributed by atoms with Crippen LogP contribution in [0.15, 0.2) is 28.1 Å². The normalized spacial score (nSPS) is 12.1. The minimum atomic E-state index is 0.0607. The first kappa shape index (κ1) is 15.7. The quantitative estimate of drug-likeness (QED) is 0.634. The van der Waals surface area contributed by atoms with Crippen molar-refractivity contribution in [2.75, 3.05) is 21.3 Å². The van der Waals surface area contributed by atoms with Gasteiger partial charge in [-0.15, -0.1) is 11.3 Å². The van der Waals surface area contributed by atoms with Gasteiger partial charge in [-0.2, -0.15) is 0 Å². The number of ether oxygens (including phenoxy) is 3. The highest BCUT2D eigenvalue weighted by Gasteiger charge is 2.19. The highest BCUT2D eigenvalue weighted by molar-refractivity contribution is 9.11. The van der Waals surface area contributed by atoms with E-state index < -0.39 is 0 Å². The Labute approximate surface area is 139 Å². The molecule has 1 heterocycles. The Kier molecular flexibility index (Phi) is 5.35. The van der Waals surface area contributed by atoms with Crippen LogP contribution in [0, 0.1) is 0 Å². The summed E-state index contributed by atoms with van der Waals surface area (Å²) in [5.74, 6) is 2.27. The molecule has 6 heteroatoms. The maximum Gasteiger partial charge on any atom is 0.161 e. The molecule has 0 amide bonds. The summed E-state index contributed by atoms with van der Waals surface area (Å²) in [6.45, 7) is 0. The van der Waals surface area contributed by atoms with Gasteiger partial charge in [-0.25, -0.2) is 0 Å². The molecule has 0 fully saturated rings. The summed E-state index contributed by atoms with van der Waals surface area (Å²) in [5.41, 5.74) is 1.08. The van der Waals surface area contributed by atoms with Crippen molar-refractivity contribution in [1.29, 1.82) is 0 Å². The zero-order valence-electron chi connectivity index (χ0n) is 11.3. The van der Waals surface area contributed by atoms with E-state index in [1.54, 1.807) is 32.7 Å². The molecule has 1 atom stereocenters. The number of hydrogen-bond donors (Lipinski definition) is 0. The van der Waals surface area contributed by atoms with Crippen LogP contribution in [0.2, 0.25) is 0 Å². The predicted octanol–water partition coefficient (Wildman–Crippen LogP) is 5.02. The Balaban J connectivity index is 2.40. The van der Waals surface area contributed by atoms with Crippen LogP contribution in [-0.2, 0) is 0 Å². The van der Waals surface area contributed by atoms with E-state index in [9.17, 15) is 0 Å². The predicted molar refractivity (Wildman–Crippen MR) is 88.9 cm³/mol. The Bertz CT molecular complexity index is 598. The zero-order chi connectivity index (χ0) is 14.7. The SMILES string of the molecule is COc1csc(C(Br)c2cc(OC)c(OC)cc2Br)c1. The van der Waals surface area contributed by atoms with Crippen LogP contribution in [0.3, 0.4) is 0 Å². The first-order chi connectivity index (χ1) is 9.60. The van der Waals surface area contributed by atoms with Crippen LogP contribution in [0.25, 0.3) is 0 Å². The molecule has 1 aromatic carbocycles. The first-order valence-electron chi connectivity index (χ1n) is 5.78. The number of methoxy groups -OCH3 is 3. The van der Waals surface area contributed by atoms with Gasteiger partial charge in [0.2, 0.25) is 0 Å². The lowest BCUT2D eigenvalue weighted by Crippen LogP contribution is -1.96. The average Bonchev–Trinajstić information content (AvgIpc) is 2.95. The van der Waals surface area contributed by atoms with E-state index in [1.165, 1.54) is 0 Å². The van der Waals surface area contributed by atoms with Crippen molar-refractivity contribution in [3.05, 3.63) is 38.5 Å². The van der Waals surface area contributed by atoms with Gasteiger partial charge >= 0.3 is 0 Å². The molecule has 0 N–H and O–H groups in total. The van der Waals surface area contributed by atoms with Crippen molar-refractivity contribution < 1.29 is 14.2 Å². The lowest BCUT2D eigenvalue weighted by Gasteiger charge is -2.15. The van der Waals surface area contributed by atoms with Gasteiger partial charge in [-0.05, 0) is 23.8 Å². The third kappa shape index (κ3) is 3.13. The highest BCUT2D eigenvalue weighted by atomic mass is 79.9. The molecule has 0 bridgehead atoms. The van der Waals surface area contributed by atoms with Gasteiger partial charge in [0, 0.05) is 14.7 Å². The fourth-order valence-corrected chi connectivity index (χ4v) is 4.33. The summed E-state index contributed by atoms with van der Waals surface area (Å²) in [5, 5.41) is 1.98. The van der Waals surface area contributed by atoms with E-state index in [2.05, 4.69) is 31.9 Å². The molecule has 0 aliphatic carbocycles. The van der Waals surface area contributed by atoms with Gasteiger partial charge in [0.05, 0.1) is 26.2 Å². The second kappa shape index (κ2) is 6.83. The van der Waals surface area contributed by atoms with Gasteiger partial charge in [-0.1, -0.05) is 31.9 Å². The number of thiophene rings is 1. The standard InChI is InChI=1S/C14H14Br2O3S/c1-17-8-4-13(20-7-8)14(16)9-5-11(18-2)12(19-3)6-10(9)15/h4-7,14H,1-3H3. The Morgan fingerprint density at radius 2 is 1.65 bits per heavy atom. The van der Waals surface area contributed by atoms with Gasteiger partial charge in [0.1, 0.15) is 5.75 Å². The maximum absolute atomic E-state index is 5.36. The van der Waals surface area contributed by atoms with E-state index in [0.717, 1.165) is 20.7 Å². The number of alkyl halides is 1. The Morgan fingerprint density at radius 3 is 2.20 bits per heavy atom. The molecule has 0 spiro atoms. The second-order valence-electron chi connectivity index (χ2n) is 3.98. The van der Waals surface area contributed by atoms with E-state index in [-0.39, 0.29) is 4.83 Å². The summed E-state index contributed by atoms with van der Waals surface area (Å²) in [6, 6.07) is 5.90. The molecule has 1 unspecified atom stereocenters. The zero-order valence-corrected chi connectivity index (χ0v) is 15.3. The largest absolute Gasteiger partial charge is 0.496 e. The fourth-order valence-electron chi connectivity index (χ4n) is 1.79. The molecular formula is C14H14Br2O3S. The third-order valence-corrected chi connectivity index (χ3v) is 5.81. The fraction of sp³-hybridized carbons (Fsp3) is 0.286. The summed E-state index contributed by atoms with van der Waals surface area (Å²) in [4.78, 5) is 1.22. The second-order valence-corrected chi connectivity index (χ2v) is 6.69. The van der Waals surface area contributed by atoms with Crippen molar-refractivity contribution in [3.8, 4) is 17.2 Å². The van der Waals surface area contributed by atoms with Crippen molar-refractivity contribution in [3.63, 3.8) is 0 Å². The smallest absolute Gasteiger partial charge is 0.161 e. The minimum absolute atomic E-state index is 0.0607. The lowest BCUT2D eigenvalue weighted by molar-refractivity contribution is 0.354. The Hall–Kier alpha value is -0.720. The summed E-state index contributed by atoms with van der Waals surface area (Å²) >= 11 is 8.95.